The highest BCUT2D eigenvalue weighted by atomic mass is 35.5. The van der Waals surface area contributed by atoms with Crippen LogP contribution in [-0.2, 0) is 0 Å². The summed E-state index contributed by atoms with van der Waals surface area (Å²) in [5.41, 5.74) is 0.458. The lowest BCUT2D eigenvalue weighted by molar-refractivity contribution is -0.384. The molecule has 0 saturated carbocycles. The topological polar surface area (TPSA) is 55.2 Å². The molecule has 1 rings (SSSR count). The van der Waals surface area contributed by atoms with Gasteiger partial charge in [0, 0.05) is 18.2 Å². The number of halogens is 2. The van der Waals surface area contributed by atoms with Crippen LogP contribution in [0, 0.1) is 16.0 Å². The summed E-state index contributed by atoms with van der Waals surface area (Å²) >= 11 is 12.1. The first kappa shape index (κ1) is 16.1. The minimum atomic E-state index is -0.510. The molecule has 0 amide bonds. The molecule has 0 aliphatic rings. The first-order chi connectivity index (χ1) is 8.85. The smallest absolute Gasteiger partial charge is 0.272 e. The number of non-ortho nitro benzene ring substituents is 1. The highest BCUT2D eigenvalue weighted by Gasteiger charge is 2.16. The molecule has 0 spiro atoms. The highest BCUT2D eigenvalue weighted by molar-refractivity contribution is 6.39. The van der Waals surface area contributed by atoms with Crippen LogP contribution in [-0.4, -0.2) is 11.0 Å². The number of hydrogen-bond donors (Lipinski definition) is 1. The van der Waals surface area contributed by atoms with Crippen molar-refractivity contribution < 1.29 is 4.92 Å². The lowest BCUT2D eigenvalue weighted by Gasteiger charge is -2.20. The number of nitro groups is 1. The van der Waals surface area contributed by atoms with Crippen molar-refractivity contribution in [1.82, 2.24) is 0 Å². The van der Waals surface area contributed by atoms with Crippen molar-refractivity contribution in [3.8, 4) is 0 Å². The van der Waals surface area contributed by atoms with Crippen LogP contribution < -0.4 is 5.32 Å². The van der Waals surface area contributed by atoms with Crippen molar-refractivity contribution in [3.05, 3.63) is 32.3 Å². The van der Waals surface area contributed by atoms with E-state index in [4.69, 9.17) is 23.2 Å². The maximum atomic E-state index is 10.7. The Morgan fingerprint density at radius 3 is 2.26 bits per heavy atom. The van der Waals surface area contributed by atoms with Crippen molar-refractivity contribution in [2.75, 3.05) is 5.32 Å². The maximum Gasteiger partial charge on any atom is 0.272 e. The Bertz CT molecular complexity index is 443. The fourth-order valence-electron chi connectivity index (χ4n) is 1.88. The zero-order valence-corrected chi connectivity index (χ0v) is 12.8. The molecule has 19 heavy (non-hydrogen) atoms. The Balaban J connectivity index is 2.87. The summed E-state index contributed by atoms with van der Waals surface area (Å²) in [6.07, 6.45) is 2.09. The van der Waals surface area contributed by atoms with Gasteiger partial charge in [-0.15, -0.1) is 0 Å². The average molecular weight is 305 g/mol. The summed E-state index contributed by atoms with van der Waals surface area (Å²) in [5.74, 6) is 0.595. The van der Waals surface area contributed by atoms with Gasteiger partial charge in [0.15, 0.2) is 0 Å². The van der Waals surface area contributed by atoms with Gasteiger partial charge in [-0.2, -0.15) is 0 Å². The second kappa shape index (κ2) is 6.96. The Labute approximate surface area is 123 Å². The minimum absolute atomic E-state index is 0.102. The Morgan fingerprint density at radius 1 is 1.32 bits per heavy atom. The third kappa shape index (κ3) is 4.55. The molecular formula is C13H18Cl2N2O2. The number of hydrogen-bond acceptors (Lipinski definition) is 3. The van der Waals surface area contributed by atoms with Gasteiger partial charge < -0.3 is 5.32 Å². The summed E-state index contributed by atoms with van der Waals surface area (Å²) in [6.45, 7) is 6.36. The van der Waals surface area contributed by atoms with E-state index in [1.807, 2.05) is 6.92 Å². The molecule has 0 radical (unpaired) electrons. The molecule has 4 nitrogen and oxygen atoms in total. The van der Waals surface area contributed by atoms with E-state index in [2.05, 4.69) is 19.2 Å². The minimum Gasteiger partial charge on any atom is -0.380 e. The summed E-state index contributed by atoms with van der Waals surface area (Å²) in [5, 5.41) is 14.5. The van der Waals surface area contributed by atoms with Crippen LogP contribution in [0.25, 0.3) is 0 Å². The van der Waals surface area contributed by atoms with Crippen molar-refractivity contribution in [1.29, 1.82) is 0 Å². The lowest BCUT2D eigenvalue weighted by atomic mass is 10.0. The van der Waals surface area contributed by atoms with Crippen molar-refractivity contribution in [3.63, 3.8) is 0 Å². The molecule has 1 N–H and O–H groups in total. The Morgan fingerprint density at radius 2 is 1.84 bits per heavy atom. The van der Waals surface area contributed by atoms with Crippen molar-refractivity contribution in [2.45, 2.75) is 39.7 Å². The van der Waals surface area contributed by atoms with Gasteiger partial charge >= 0.3 is 0 Å². The molecule has 106 valence electrons. The van der Waals surface area contributed by atoms with Crippen LogP contribution in [0.5, 0.6) is 0 Å². The number of benzene rings is 1. The molecule has 1 aromatic rings. The predicted octanol–water partition coefficient (Wildman–Crippen LogP) is 5.14. The van der Waals surface area contributed by atoms with Gasteiger partial charge in [0.05, 0.1) is 20.7 Å². The van der Waals surface area contributed by atoms with E-state index in [0.717, 1.165) is 12.8 Å². The third-order valence-corrected chi connectivity index (χ3v) is 3.68. The standard InChI is InChI=1S/C13H18Cl2N2O2/c1-4-8(2)5-9(3)16-13-11(14)6-10(17(18)19)7-12(13)15/h6-9,16H,4-5H2,1-3H3. The van der Waals surface area contributed by atoms with Crippen LogP contribution in [0.3, 0.4) is 0 Å². The number of nitrogens with one attached hydrogen (secondary N) is 1. The molecule has 0 aliphatic carbocycles. The maximum absolute atomic E-state index is 10.7. The largest absolute Gasteiger partial charge is 0.380 e. The third-order valence-electron chi connectivity index (χ3n) is 3.08. The van der Waals surface area contributed by atoms with Gasteiger partial charge in [0.1, 0.15) is 0 Å². The van der Waals surface area contributed by atoms with Gasteiger partial charge in [0.2, 0.25) is 0 Å². The molecule has 0 aliphatic heterocycles. The van der Waals surface area contributed by atoms with Crippen LogP contribution in [0.15, 0.2) is 12.1 Å². The van der Waals surface area contributed by atoms with Crippen LogP contribution >= 0.6 is 23.2 Å². The monoisotopic (exact) mass is 304 g/mol. The molecule has 0 aromatic heterocycles. The summed E-state index contributed by atoms with van der Waals surface area (Å²) in [4.78, 5) is 10.2. The van der Waals surface area contributed by atoms with Gasteiger partial charge in [-0.25, -0.2) is 0 Å². The molecule has 0 fully saturated rings. The van der Waals surface area contributed by atoms with Crippen molar-refractivity contribution >= 4 is 34.6 Å². The number of nitrogens with zero attached hydrogens (tertiary/aromatic N) is 1. The number of nitro benzene ring substituents is 1. The van der Waals surface area contributed by atoms with E-state index in [-0.39, 0.29) is 21.8 Å². The first-order valence-corrected chi connectivity index (χ1v) is 7.00. The summed E-state index contributed by atoms with van der Waals surface area (Å²) < 4.78 is 0. The first-order valence-electron chi connectivity index (χ1n) is 6.25. The SMILES string of the molecule is CCC(C)CC(C)Nc1c(Cl)cc([N+](=O)[O-])cc1Cl. The zero-order valence-electron chi connectivity index (χ0n) is 11.2. The van der Waals surface area contributed by atoms with E-state index >= 15 is 0 Å². The Hall–Kier alpha value is -1.00. The molecular weight excluding hydrogens is 287 g/mol. The van der Waals surface area contributed by atoms with Crippen molar-refractivity contribution in [2.24, 2.45) is 5.92 Å². The predicted molar refractivity (Wildman–Crippen MR) is 80.3 cm³/mol. The van der Waals surface area contributed by atoms with E-state index < -0.39 is 4.92 Å². The van der Waals surface area contributed by atoms with Gasteiger partial charge in [-0.3, -0.25) is 10.1 Å². The number of rotatable bonds is 6. The zero-order chi connectivity index (χ0) is 14.6. The molecule has 6 heteroatoms. The van der Waals surface area contributed by atoms with Crippen LogP contribution in [0.4, 0.5) is 11.4 Å². The highest BCUT2D eigenvalue weighted by Crippen LogP contribution is 2.35. The van der Waals surface area contributed by atoms with Gasteiger partial charge in [-0.1, -0.05) is 43.5 Å². The quantitative estimate of drug-likeness (QED) is 0.585. The van der Waals surface area contributed by atoms with E-state index in [0.29, 0.717) is 11.6 Å². The summed E-state index contributed by atoms with van der Waals surface area (Å²) in [7, 11) is 0. The lowest BCUT2D eigenvalue weighted by Crippen LogP contribution is -2.18. The molecule has 0 bridgehead atoms. The molecule has 0 saturated heterocycles. The molecule has 1 aromatic carbocycles. The number of anilines is 1. The second-order valence-corrected chi connectivity index (χ2v) is 5.65. The molecule has 2 unspecified atom stereocenters. The van der Waals surface area contributed by atoms with Crippen LogP contribution in [0.2, 0.25) is 10.0 Å². The van der Waals surface area contributed by atoms with E-state index in [1.54, 1.807) is 0 Å². The Kier molecular flexibility index (Phi) is 5.88. The van der Waals surface area contributed by atoms with Crippen LogP contribution in [0.1, 0.15) is 33.6 Å². The fourth-order valence-corrected chi connectivity index (χ4v) is 2.46. The van der Waals surface area contributed by atoms with Gasteiger partial charge in [0.25, 0.3) is 5.69 Å². The van der Waals surface area contributed by atoms with E-state index in [1.165, 1.54) is 12.1 Å². The normalized spacial score (nSPS) is 13.9. The molecule has 2 atom stereocenters. The average Bonchev–Trinajstić information content (AvgIpc) is 2.33. The molecule has 0 heterocycles. The van der Waals surface area contributed by atoms with E-state index in [9.17, 15) is 10.1 Å². The van der Waals surface area contributed by atoms with Gasteiger partial charge in [-0.05, 0) is 19.3 Å². The second-order valence-electron chi connectivity index (χ2n) is 4.84. The summed E-state index contributed by atoms with van der Waals surface area (Å²) in [6, 6.07) is 2.82. The fraction of sp³-hybridized carbons (Fsp3) is 0.538.